The fourth-order valence-electron chi connectivity index (χ4n) is 2.90. The van der Waals surface area contributed by atoms with Gasteiger partial charge in [0.15, 0.2) is 0 Å². The van der Waals surface area contributed by atoms with Crippen LogP contribution in [-0.4, -0.2) is 35.6 Å². The van der Waals surface area contributed by atoms with E-state index in [2.05, 4.69) is 42.0 Å². The Morgan fingerprint density at radius 1 is 1.42 bits per heavy atom. The highest BCUT2D eigenvalue weighted by atomic mass is 15.1. The lowest BCUT2D eigenvalue weighted by Crippen LogP contribution is -2.41. The molecule has 3 nitrogen and oxygen atoms in total. The molecule has 2 rings (SSSR count). The zero-order valence-corrected chi connectivity index (χ0v) is 12.5. The lowest BCUT2D eigenvalue weighted by atomic mass is 9.90. The molecule has 19 heavy (non-hydrogen) atoms. The van der Waals surface area contributed by atoms with E-state index in [1.165, 1.54) is 43.7 Å². The van der Waals surface area contributed by atoms with Crippen LogP contribution in [0.3, 0.4) is 0 Å². The fraction of sp³-hybridized carbons (Fsp3) is 0.688. The number of aromatic nitrogens is 1. The molecule has 1 unspecified atom stereocenters. The van der Waals surface area contributed by atoms with Crippen LogP contribution in [0, 0.1) is 12.8 Å². The first kappa shape index (κ1) is 14.5. The Kier molecular flexibility index (Phi) is 5.34. The molecule has 0 spiro atoms. The van der Waals surface area contributed by atoms with Gasteiger partial charge in [0.1, 0.15) is 0 Å². The van der Waals surface area contributed by atoms with Crippen LogP contribution in [0.4, 0.5) is 0 Å². The zero-order chi connectivity index (χ0) is 13.7. The molecular formula is C16H27N3. The van der Waals surface area contributed by atoms with Crippen LogP contribution in [0.1, 0.15) is 37.9 Å². The van der Waals surface area contributed by atoms with Crippen molar-refractivity contribution < 1.29 is 0 Å². The molecule has 1 aliphatic heterocycles. The van der Waals surface area contributed by atoms with Crippen LogP contribution in [0.5, 0.6) is 0 Å². The van der Waals surface area contributed by atoms with Gasteiger partial charge in [0.25, 0.3) is 0 Å². The molecule has 2 heterocycles. The number of likely N-dealkylation sites (tertiary alicyclic amines) is 1. The summed E-state index contributed by atoms with van der Waals surface area (Å²) in [6.45, 7) is 11.3. The Labute approximate surface area is 117 Å². The van der Waals surface area contributed by atoms with Gasteiger partial charge in [0, 0.05) is 18.8 Å². The monoisotopic (exact) mass is 261 g/mol. The summed E-state index contributed by atoms with van der Waals surface area (Å²) in [6, 6.07) is 4.72. The van der Waals surface area contributed by atoms with Crippen LogP contribution in [0.25, 0.3) is 0 Å². The Morgan fingerprint density at radius 2 is 2.16 bits per heavy atom. The summed E-state index contributed by atoms with van der Waals surface area (Å²) >= 11 is 0. The van der Waals surface area contributed by atoms with E-state index < -0.39 is 0 Å². The molecule has 1 atom stereocenters. The Bertz CT molecular complexity index is 383. The number of rotatable bonds is 5. The molecule has 3 heteroatoms. The van der Waals surface area contributed by atoms with E-state index in [1.807, 2.05) is 12.3 Å². The van der Waals surface area contributed by atoms with Crippen LogP contribution in [0.15, 0.2) is 18.3 Å². The molecule has 0 amide bonds. The lowest BCUT2D eigenvalue weighted by molar-refractivity contribution is 0.168. The first-order valence-electron chi connectivity index (χ1n) is 7.57. The number of nitrogens with one attached hydrogen (secondary N) is 1. The van der Waals surface area contributed by atoms with E-state index in [4.69, 9.17) is 0 Å². The van der Waals surface area contributed by atoms with Crippen molar-refractivity contribution in [1.29, 1.82) is 0 Å². The minimum Gasteiger partial charge on any atom is -0.308 e. The number of pyridine rings is 1. The average molecular weight is 261 g/mol. The third-order valence-electron chi connectivity index (χ3n) is 4.50. The van der Waals surface area contributed by atoms with Gasteiger partial charge >= 0.3 is 0 Å². The summed E-state index contributed by atoms with van der Waals surface area (Å²) in [5, 5.41) is 3.66. The molecule has 1 aliphatic rings. The second-order valence-electron chi connectivity index (χ2n) is 5.71. The van der Waals surface area contributed by atoms with Crippen molar-refractivity contribution in [3.8, 4) is 0 Å². The SMILES string of the molecule is CCN1CCC(C(C)NCc2ncccc2C)CC1. The smallest absolute Gasteiger partial charge is 0.0570 e. The van der Waals surface area contributed by atoms with Crippen molar-refractivity contribution in [3.63, 3.8) is 0 Å². The zero-order valence-electron chi connectivity index (χ0n) is 12.5. The van der Waals surface area contributed by atoms with Gasteiger partial charge in [0.2, 0.25) is 0 Å². The van der Waals surface area contributed by atoms with Gasteiger partial charge in [-0.2, -0.15) is 0 Å². The number of nitrogens with zero attached hydrogens (tertiary/aromatic N) is 2. The average Bonchev–Trinajstić information content (AvgIpc) is 2.46. The number of piperidine rings is 1. The molecule has 0 saturated carbocycles. The van der Waals surface area contributed by atoms with Gasteiger partial charge in [-0.3, -0.25) is 4.98 Å². The lowest BCUT2D eigenvalue weighted by Gasteiger charge is -2.34. The Balaban J connectivity index is 1.79. The summed E-state index contributed by atoms with van der Waals surface area (Å²) in [6.07, 6.45) is 4.53. The van der Waals surface area contributed by atoms with Gasteiger partial charge in [-0.1, -0.05) is 13.0 Å². The second kappa shape index (κ2) is 7.01. The minimum atomic E-state index is 0.584. The van der Waals surface area contributed by atoms with Crippen molar-refractivity contribution in [2.75, 3.05) is 19.6 Å². The minimum absolute atomic E-state index is 0.584. The molecular weight excluding hydrogens is 234 g/mol. The fourth-order valence-corrected chi connectivity index (χ4v) is 2.90. The molecule has 0 aromatic carbocycles. The van der Waals surface area contributed by atoms with E-state index in [9.17, 15) is 0 Å². The van der Waals surface area contributed by atoms with Gasteiger partial charge in [-0.05, 0) is 63.9 Å². The molecule has 1 aromatic rings. The molecule has 1 saturated heterocycles. The summed E-state index contributed by atoms with van der Waals surface area (Å²) in [5.74, 6) is 0.812. The van der Waals surface area contributed by atoms with Crippen molar-refractivity contribution in [2.45, 2.75) is 46.2 Å². The normalized spacial score (nSPS) is 19.5. The van der Waals surface area contributed by atoms with Gasteiger partial charge in [0.05, 0.1) is 5.69 Å². The number of hydrogen-bond acceptors (Lipinski definition) is 3. The molecule has 0 radical (unpaired) electrons. The topological polar surface area (TPSA) is 28.2 Å². The maximum atomic E-state index is 4.45. The van der Waals surface area contributed by atoms with E-state index >= 15 is 0 Å². The largest absolute Gasteiger partial charge is 0.308 e. The van der Waals surface area contributed by atoms with Crippen LogP contribution < -0.4 is 5.32 Å². The molecule has 1 N–H and O–H groups in total. The van der Waals surface area contributed by atoms with Crippen LogP contribution in [-0.2, 0) is 6.54 Å². The summed E-state index contributed by atoms with van der Waals surface area (Å²) in [7, 11) is 0. The van der Waals surface area contributed by atoms with Gasteiger partial charge in [-0.25, -0.2) is 0 Å². The van der Waals surface area contributed by atoms with E-state index in [-0.39, 0.29) is 0 Å². The molecule has 106 valence electrons. The van der Waals surface area contributed by atoms with Gasteiger partial charge in [-0.15, -0.1) is 0 Å². The van der Waals surface area contributed by atoms with E-state index in [0.717, 1.165) is 12.5 Å². The quantitative estimate of drug-likeness (QED) is 0.883. The second-order valence-corrected chi connectivity index (χ2v) is 5.71. The maximum Gasteiger partial charge on any atom is 0.0570 e. The molecule has 1 fully saturated rings. The maximum absolute atomic E-state index is 4.45. The van der Waals surface area contributed by atoms with Crippen molar-refractivity contribution >= 4 is 0 Å². The summed E-state index contributed by atoms with van der Waals surface area (Å²) < 4.78 is 0. The standard InChI is InChI=1S/C16H27N3/c1-4-19-10-7-15(8-11-19)14(3)18-12-16-13(2)6-5-9-17-16/h5-6,9,14-15,18H,4,7-8,10-12H2,1-3H3. The summed E-state index contributed by atoms with van der Waals surface area (Å²) in [4.78, 5) is 7.00. The molecule has 0 bridgehead atoms. The van der Waals surface area contributed by atoms with Gasteiger partial charge < -0.3 is 10.2 Å². The molecule has 0 aliphatic carbocycles. The number of aryl methyl sites for hydroxylation is 1. The Morgan fingerprint density at radius 3 is 2.79 bits per heavy atom. The predicted molar refractivity (Wildman–Crippen MR) is 80.1 cm³/mol. The van der Waals surface area contributed by atoms with Crippen molar-refractivity contribution in [2.24, 2.45) is 5.92 Å². The van der Waals surface area contributed by atoms with Crippen molar-refractivity contribution in [3.05, 3.63) is 29.6 Å². The third kappa shape index (κ3) is 4.02. The highest BCUT2D eigenvalue weighted by Gasteiger charge is 2.22. The van der Waals surface area contributed by atoms with Crippen LogP contribution in [0.2, 0.25) is 0 Å². The first-order chi connectivity index (χ1) is 9.20. The predicted octanol–water partition coefficient (Wildman–Crippen LogP) is 2.60. The third-order valence-corrected chi connectivity index (χ3v) is 4.50. The molecule has 1 aromatic heterocycles. The van der Waals surface area contributed by atoms with E-state index in [1.54, 1.807) is 0 Å². The highest BCUT2D eigenvalue weighted by molar-refractivity contribution is 5.17. The van der Waals surface area contributed by atoms with E-state index in [0.29, 0.717) is 6.04 Å². The Hall–Kier alpha value is -0.930. The highest BCUT2D eigenvalue weighted by Crippen LogP contribution is 2.20. The summed E-state index contributed by atoms with van der Waals surface area (Å²) in [5.41, 5.74) is 2.46. The van der Waals surface area contributed by atoms with Crippen molar-refractivity contribution in [1.82, 2.24) is 15.2 Å². The van der Waals surface area contributed by atoms with Crippen LogP contribution >= 0.6 is 0 Å². The number of hydrogen-bond donors (Lipinski definition) is 1. The first-order valence-corrected chi connectivity index (χ1v) is 7.57.